The Morgan fingerprint density at radius 2 is 1.75 bits per heavy atom. The van der Waals surface area contributed by atoms with Crippen molar-refractivity contribution >= 4 is 5.91 Å². The second kappa shape index (κ2) is 10.6. The van der Waals surface area contributed by atoms with Crippen molar-refractivity contribution < 1.29 is 23.7 Å². The van der Waals surface area contributed by atoms with Crippen molar-refractivity contribution in [1.82, 2.24) is 9.80 Å². The fourth-order valence-electron chi connectivity index (χ4n) is 3.85. The van der Waals surface area contributed by atoms with Gasteiger partial charge in [0.1, 0.15) is 0 Å². The van der Waals surface area contributed by atoms with E-state index in [9.17, 15) is 4.79 Å². The fraction of sp³-hybridized carbons (Fsp3) is 0.667. The average molecular weight is 392 g/mol. The van der Waals surface area contributed by atoms with Gasteiger partial charge in [0.15, 0.2) is 11.5 Å². The van der Waals surface area contributed by atoms with Crippen LogP contribution in [0.25, 0.3) is 0 Å². The number of hydrogen-bond acceptors (Lipinski definition) is 6. The zero-order valence-corrected chi connectivity index (χ0v) is 17.0. The lowest BCUT2D eigenvalue weighted by Gasteiger charge is -2.36. The molecular formula is C21H32N2O5. The maximum atomic E-state index is 13.2. The Morgan fingerprint density at radius 1 is 1.07 bits per heavy atom. The maximum Gasteiger partial charge on any atom is 0.227 e. The number of nitrogens with zero attached hydrogens (tertiary/aromatic N) is 2. The van der Waals surface area contributed by atoms with Crippen LogP contribution in [0.5, 0.6) is 11.5 Å². The molecule has 0 atom stereocenters. The Bertz CT molecular complexity index is 627. The van der Waals surface area contributed by atoms with E-state index in [0.29, 0.717) is 17.9 Å². The topological polar surface area (TPSA) is 60.5 Å². The molecule has 0 aromatic heterocycles. The van der Waals surface area contributed by atoms with Gasteiger partial charge in [-0.25, -0.2) is 0 Å². The Hall–Kier alpha value is -1.83. The Balaban J connectivity index is 1.66. The molecule has 2 saturated heterocycles. The summed E-state index contributed by atoms with van der Waals surface area (Å²) in [6, 6.07) is 5.93. The summed E-state index contributed by atoms with van der Waals surface area (Å²) in [7, 11) is 3.22. The van der Waals surface area contributed by atoms with Crippen LogP contribution in [0.1, 0.15) is 18.4 Å². The third kappa shape index (κ3) is 5.59. The van der Waals surface area contributed by atoms with E-state index < -0.39 is 0 Å². The van der Waals surface area contributed by atoms with E-state index in [4.69, 9.17) is 18.9 Å². The van der Waals surface area contributed by atoms with Gasteiger partial charge in [-0.2, -0.15) is 0 Å². The predicted octanol–water partition coefficient (Wildman–Crippen LogP) is 1.59. The van der Waals surface area contributed by atoms with Gasteiger partial charge in [0.2, 0.25) is 5.91 Å². The summed E-state index contributed by atoms with van der Waals surface area (Å²) < 4.78 is 21.6. The van der Waals surface area contributed by atoms with Crippen molar-refractivity contribution in [3.8, 4) is 11.5 Å². The molecule has 2 heterocycles. The van der Waals surface area contributed by atoms with Gasteiger partial charge in [-0.3, -0.25) is 9.69 Å². The third-order valence-corrected chi connectivity index (χ3v) is 5.52. The minimum Gasteiger partial charge on any atom is -0.493 e. The zero-order valence-electron chi connectivity index (χ0n) is 17.0. The van der Waals surface area contributed by atoms with Gasteiger partial charge in [0.25, 0.3) is 0 Å². The van der Waals surface area contributed by atoms with Gasteiger partial charge in [-0.1, -0.05) is 6.07 Å². The highest BCUT2D eigenvalue weighted by Crippen LogP contribution is 2.28. The van der Waals surface area contributed by atoms with Crippen molar-refractivity contribution in [2.75, 3.05) is 66.8 Å². The van der Waals surface area contributed by atoms with Gasteiger partial charge in [-0.05, 0) is 30.5 Å². The summed E-state index contributed by atoms with van der Waals surface area (Å²) in [4.78, 5) is 17.6. The molecule has 28 heavy (non-hydrogen) atoms. The molecule has 156 valence electrons. The minimum atomic E-state index is 0.160. The molecule has 2 fully saturated rings. The molecule has 2 aliphatic rings. The monoisotopic (exact) mass is 392 g/mol. The normalized spacial score (nSPS) is 18.6. The van der Waals surface area contributed by atoms with Gasteiger partial charge in [0.05, 0.1) is 33.9 Å². The van der Waals surface area contributed by atoms with Gasteiger partial charge in [0, 0.05) is 45.4 Å². The number of ether oxygens (including phenoxy) is 4. The molecule has 0 saturated carbocycles. The zero-order chi connectivity index (χ0) is 19.8. The molecule has 0 bridgehead atoms. The molecule has 0 radical (unpaired) electrons. The first-order chi connectivity index (χ1) is 13.7. The molecule has 0 N–H and O–H groups in total. The summed E-state index contributed by atoms with van der Waals surface area (Å²) in [5.74, 6) is 1.48. The van der Waals surface area contributed by atoms with Gasteiger partial charge in [-0.15, -0.1) is 0 Å². The van der Waals surface area contributed by atoms with Crippen molar-refractivity contribution in [3.05, 3.63) is 23.8 Å². The van der Waals surface area contributed by atoms with Crippen molar-refractivity contribution in [1.29, 1.82) is 0 Å². The number of amides is 1. The van der Waals surface area contributed by atoms with Crippen LogP contribution in [0.2, 0.25) is 0 Å². The Morgan fingerprint density at radius 3 is 2.43 bits per heavy atom. The highest BCUT2D eigenvalue weighted by molar-refractivity contribution is 5.79. The second-order valence-corrected chi connectivity index (χ2v) is 7.25. The fourth-order valence-corrected chi connectivity index (χ4v) is 3.85. The molecule has 0 aliphatic carbocycles. The van der Waals surface area contributed by atoms with Crippen LogP contribution in [-0.2, 0) is 20.7 Å². The van der Waals surface area contributed by atoms with E-state index >= 15 is 0 Å². The molecule has 1 aromatic carbocycles. The predicted molar refractivity (Wildman–Crippen MR) is 106 cm³/mol. The third-order valence-electron chi connectivity index (χ3n) is 5.52. The van der Waals surface area contributed by atoms with Gasteiger partial charge >= 0.3 is 0 Å². The highest BCUT2D eigenvalue weighted by Gasteiger charge is 2.26. The Labute approximate surface area is 167 Å². The number of benzene rings is 1. The molecule has 2 aliphatic heterocycles. The second-order valence-electron chi connectivity index (χ2n) is 7.25. The van der Waals surface area contributed by atoms with Crippen LogP contribution in [0, 0.1) is 0 Å². The van der Waals surface area contributed by atoms with E-state index in [-0.39, 0.29) is 11.9 Å². The number of carbonyl (C=O) groups excluding carboxylic acids is 1. The highest BCUT2D eigenvalue weighted by atomic mass is 16.5. The smallest absolute Gasteiger partial charge is 0.227 e. The molecule has 1 amide bonds. The Kier molecular flexibility index (Phi) is 7.94. The summed E-state index contributed by atoms with van der Waals surface area (Å²) >= 11 is 0. The lowest BCUT2D eigenvalue weighted by molar-refractivity contribution is -0.135. The first kappa shape index (κ1) is 20.9. The van der Waals surface area contributed by atoms with Crippen molar-refractivity contribution in [3.63, 3.8) is 0 Å². The number of hydrogen-bond donors (Lipinski definition) is 0. The van der Waals surface area contributed by atoms with Crippen LogP contribution < -0.4 is 9.47 Å². The molecule has 7 nitrogen and oxygen atoms in total. The summed E-state index contributed by atoms with van der Waals surface area (Å²) in [5.41, 5.74) is 0.936. The van der Waals surface area contributed by atoms with E-state index in [1.54, 1.807) is 14.2 Å². The summed E-state index contributed by atoms with van der Waals surface area (Å²) in [6.07, 6.45) is 2.17. The van der Waals surface area contributed by atoms with Crippen LogP contribution in [-0.4, -0.2) is 88.6 Å². The van der Waals surface area contributed by atoms with Crippen LogP contribution in [0.15, 0.2) is 18.2 Å². The summed E-state index contributed by atoms with van der Waals surface area (Å²) in [6.45, 7) is 6.50. The first-order valence-corrected chi connectivity index (χ1v) is 10.1. The van der Waals surface area contributed by atoms with E-state index in [1.807, 2.05) is 18.2 Å². The van der Waals surface area contributed by atoms with E-state index in [1.165, 1.54) is 0 Å². The molecule has 3 rings (SSSR count). The average Bonchev–Trinajstić information content (AvgIpc) is 2.75. The van der Waals surface area contributed by atoms with Crippen molar-refractivity contribution in [2.24, 2.45) is 0 Å². The number of carbonyl (C=O) groups is 1. The molecule has 0 spiro atoms. The number of rotatable bonds is 8. The van der Waals surface area contributed by atoms with E-state index in [2.05, 4.69) is 9.80 Å². The number of methoxy groups -OCH3 is 2. The molecular weight excluding hydrogens is 360 g/mol. The largest absolute Gasteiger partial charge is 0.493 e. The van der Waals surface area contributed by atoms with Crippen LogP contribution >= 0.6 is 0 Å². The summed E-state index contributed by atoms with van der Waals surface area (Å²) in [5, 5.41) is 0. The standard InChI is InChI=1S/C21H32N2O5/c1-25-19-4-3-17(15-20(19)26-2)16-21(24)23(18-5-11-27-12-6-18)8-7-22-9-13-28-14-10-22/h3-4,15,18H,5-14,16H2,1-2H3. The number of morpholine rings is 1. The first-order valence-electron chi connectivity index (χ1n) is 10.1. The van der Waals surface area contributed by atoms with E-state index in [0.717, 1.165) is 71.0 Å². The SMILES string of the molecule is COc1ccc(CC(=O)N(CCN2CCOCC2)C2CCOCC2)cc1OC. The van der Waals surface area contributed by atoms with Crippen LogP contribution in [0.4, 0.5) is 0 Å². The molecule has 0 unspecified atom stereocenters. The van der Waals surface area contributed by atoms with Gasteiger partial charge < -0.3 is 23.8 Å². The lowest BCUT2D eigenvalue weighted by atomic mass is 10.0. The quantitative estimate of drug-likeness (QED) is 0.670. The van der Waals surface area contributed by atoms with Crippen LogP contribution in [0.3, 0.4) is 0 Å². The van der Waals surface area contributed by atoms with Crippen molar-refractivity contribution in [2.45, 2.75) is 25.3 Å². The minimum absolute atomic E-state index is 0.160. The molecule has 7 heteroatoms. The lowest BCUT2D eigenvalue weighted by Crippen LogP contribution is -2.49. The maximum absolute atomic E-state index is 13.2. The molecule has 1 aromatic rings.